The fourth-order valence-electron chi connectivity index (χ4n) is 3.23. The average molecular weight is 426 g/mol. The van der Waals surface area contributed by atoms with E-state index in [1.54, 1.807) is 35.2 Å². The lowest BCUT2D eigenvalue weighted by molar-refractivity contribution is -0.134. The van der Waals surface area contributed by atoms with Gasteiger partial charge in [0.25, 0.3) is 0 Å². The molecule has 2 N–H and O–H groups in total. The Morgan fingerprint density at radius 1 is 1.10 bits per heavy atom. The summed E-state index contributed by atoms with van der Waals surface area (Å²) >= 11 is 0. The van der Waals surface area contributed by atoms with Gasteiger partial charge >= 0.3 is 0 Å². The summed E-state index contributed by atoms with van der Waals surface area (Å²) in [6.07, 6.45) is 0.949. The Hall–Kier alpha value is -1.97. The van der Waals surface area contributed by atoms with Crippen LogP contribution in [0.5, 0.6) is 0 Å². The zero-order valence-electron chi connectivity index (χ0n) is 17.1. The summed E-state index contributed by atoms with van der Waals surface area (Å²) in [5.41, 5.74) is 0. The SMILES string of the molecule is CC[C@@H](C)[C@H](CO)NC(=O)CCC(=O)N1CCN(S(=O)(=O)c2ccccc2)CC1. The first kappa shape index (κ1) is 23.3. The minimum Gasteiger partial charge on any atom is -0.394 e. The van der Waals surface area contributed by atoms with Crippen molar-refractivity contribution in [2.75, 3.05) is 32.8 Å². The third-order valence-electron chi connectivity index (χ3n) is 5.41. The third kappa shape index (κ3) is 6.25. The van der Waals surface area contributed by atoms with E-state index in [2.05, 4.69) is 5.32 Å². The van der Waals surface area contributed by atoms with Crippen molar-refractivity contribution < 1.29 is 23.1 Å². The van der Waals surface area contributed by atoms with Crippen molar-refractivity contribution >= 4 is 21.8 Å². The first-order valence-electron chi connectivity index (χ1n) is 10.0. The Bertz CT molecular complexity index is 777. The van der Waals surface area contributed by atoms with Crippen molar-refractivity contribution in [1.29, 1.82) is 0 Å². The van der Waals surface area contributed by atoms with Crippen LogP contribution in [0.15, 0.2) is 35.2 Å². The average Bonchev–Trinajstić information content (AvgIpc) is 2.75. The van der Waals surface area contributed by atoms with Crippen LogP contribution in [0.1, 0.15) is 33.1 Å². The first-order chi connectivity index (χ1) is 13.8. The predicted octanol–water partition coefficient (Wildman–Crippen LogP) is 0.823. The Kier molecular flexibility index (Phi) is 8.60. The van der Waals surface area contributed by atoms with Crippen molar-refractivity contribution in [3.8, 4) is 0 Å². The van der Waals surface area contributed by atoms with Gasteiger partial charge in [-0.15, -0.1) is 0 Å². The maximum absolute atomic E-state index is 12.6. The molecule has 0 unspecified atom stereocenters. The van der Waals surface area contributed by atoms with E-state index in [0.717, 1.165) is 6.42 Å². The summed E-state index contributed by atoms with van der Waals surface area (Å²) in [5.74, 6) is -0.275. The number of carbonyl (C=O) groups excluding carboxylic acids is 2. The monoisotopic (exact) mass is 425 g/mol. The lowest BCUT2D eigenvalue weighted by Gasteiger charge is -2.34. The highest BCUT2D eigenvalue weighted by atomic mass is 32.2. The Morgan fingerprint density at radius 3 is 2.28 bits per heavy atom. The van der Waals surface area contributed by atoms with E-state index in [1.807, 2.05) is 13.8 Å². The molecule has 0 radical (unpaired) electrons. The molecule has 8 nitrogen and oxygen atoms in total. The molecular formula is C20H31N3O5S. The quantitative estimate of drug-likeness (QED) is 0.609. The summed E-state index contributed by atoms with van der Waals surface area (Å²) in [6.45, 7) is 4.88. The summed E-state index contributed by atoms with van der Waals surface area (Å²) < 4.78 is 26.7. The van der Waals surface area contributed by atoms with Crippen molar-refractivity contribution in [1.82, 2.24) is 14.5 Å². The predicted molar refractivity (Wildman–Crippen MR) is 109 cm³/mol. The summed E-state index contributed by atoms with van der Waals surface area (Å²) in [6, 6.07) is 7.93. The van der Waals surface area contributed by atoms with Crippen molar-refractivity contribution in [3.05, 3.63) is 30.3 Å². The van der Waals surface area contributed by atoms with Gasteiger partial charge in [0, 0.05) is 39.0 Å². The van der Waals surface area contributed by atoms with Crippen LogP contribution in [0.4, 0.5) is 0 Å². The zero-order valence-corrected chi connectivity index (χ0v) is 17.9. The normalized spacial score (nSPS) is 17.6. The Balaban J connectivity index is 1.81. The van der Waals surface area contributed by atoms with Gasteiger partial charge in [0.15, 0.2) is 0 Å². The molecule has 2 amide bonds. The number of nitrogens with one attached hydrogen (secondary N) is 1. The summed E-state index contributed by atoms with van der Waals surface area (Å²) in [4.78, 5) is 26.3. The molecule has 1 heterocycles. The zero-order chi connectivity index (χ0) is 21.4. The van der Waals surface area contributed by atoms with Gasteiger partial charge in [0.1, 0.15) is 0 Å². The molecule has 0 aromatic heterocycles. The highest BCUT2D eigenvalue weighted by Gasteiger charge is 2.30. The number of aliphatic hydroxyl groups is 1. The maximum atomic E-state index is 12.6. The molecule has 0 spiro atoms. The van der Waals surface area contributed by atoms with E-state index in [-0.39, 0.29) is 61.2 Å². The molecule has 0 aliphatic carbocycles. The minimum absolute atomic E-state index is 0.0499. The van der Waals surface area contributed by atoms with Crippen LogP contribution in [0, 0.1) is 5.92 Å². The van der Waals surface area contributed by atoms with Gasteiger partial charge in [-0.25, -0.2) is 8.42 Å². The first-order valence-corrected chi connectivity index (χ1v) is 11.5. The molecule has 2 rings (SSSR count). The Labute approximate surface area is 172 Å². The van der Waals surface area contributed by atoms with E-state index in [4.69, 9.17) is 0 Å². The smallest absolute Gasteiger partial charge is 0.243 e. The number of nitrogens with zero attached hydrogens (tertiary/aromatic N) is 2. The molecule has 162 valence electrons. The molecule has 1 aromatic carbocycles. The van der Waals surface area contributed by atoms with Crippen LogP contribution in [-0.2, 0) is 19.6 Å². The summed E-state index contributed by atoms with van der Waals surface area (Å²) in [5, 5.41) is 12.2. The molecule has 0 saturated carbocycles. The maximum Gasteiger partial charge on any atom is 0.243 e. The van der Waals surface area contributed by atoms with E-state index < -0.39 is 10.0 Å². The van der Waals surface area contributed by atoms with Crippen LogP contribution >= 0.6 is 0 Å². The molecule has 1 fully saturated rings. The van der Waals surface area contributed by atoms with E-state index in [1.165, 1.54) is 4.31 Å². The van der Waals surface area contributed by atoms with Crippen LogP contribution < -0.4 is 5.32 Å². The molecule has 1 aliphatic heterocycles. The number of hydrogen-bond acceptors (Lipinski definition) is 5. The number of carbonyl (C=O) groups is 2. The van der Waals surface area contributed by atoms with E-state index in [9.17, 15) is 23.1 Å². The lowest BCUT2D eigenvalue weighted by Crippen LogP contribution is -2.50. The second-order valence-electron chi connectivity index (χ2n) is 7.34. The molecule has 0 bridgehead atoms. The highest BCUT2D eigenvalue weighted by Crippen LogP contribution is 2.17. The molecular weight excluding hydrogens is 394 g/mol. The van der Waals surface area contributed by atoms with Crippen LogP contribution in [0.3, 0.4) is 0 Å². The van der Waals surface area contributed by atoms with Crippen molar-refractivity contribution in [2.45, 2.75) is 44.0 Å². The van der Waals surface area contributed by atoms with Gasteiger partial charge in [-0.05, 0) is 18.1 Å². The number of amides is 2. The van der Waals surface area contributed by atoms with Crippen LogP contribution in [-0.4, -0.2) is 73.4 Å². The molecule has 2 atom stereocenters. The van der Waals surface area contributed by atoms with Crippen molar-refractivity contribution in [2.24, 2.45) is 5.92 Å². The van der Waals surface area contributed by atoms with Crippen molar-refractivity contribution in [3.63, 3.8) is 0 Å². The van der Waals surface area contributed by atoms with E-state index in [0.29, 0.717) is 13.1 Å². The van der Waals surface area contributed by atoms with Crippen LogP contribution in [0.2, 0.25) is 0 Å². The molecule has 1 aromatic rings. The molecule has 1 aliphatic rings. The molecule has 9 heteroatoms. The highest BCUT2D eigenvalue weighted by molar-refractivity contribution is 7.89. The number of aliphatic hydroxyl groups excluding tert-OH is 1. The number of benzene rings is 1. The number of hydrogen-bond donors (Lipinski definition) is 2. The van der Waals surface area contributed by atoms with Gasteiger partial charge in [-0.1, -0.05) is 38.5 Å². The fraction of sp³-hybridized carbons (Fsp3) is 0.600. The molecule has 1 saturated heterocycles. The van der Waals surface area contributed by atoms with E-state index >= 15 is 0 Å². The largest absolute Gasteiger partial charge is 0.394 e. The lowest BCUT2D eigenvalue weighted by atomic mass is 10.00. The van der Waals surface area contributed by atoms with Gasteiger partial charge in [0.05, 0.1) is 17.5 Å². The number of piperazine rings is 1. The van der Waals surface area contributed by atoms with Gasteiger partial charge in [0.2, 0.25) is 21.8 Å². The minimum atomic E-state index is -3.56. The standard InChI is InChI=1S/C20H31N3O5S/c1-3-16(2)18(15-24)21-19(25)9-10-20(26)22-11-13-23(14-12-22)29(27,28)17-7-5-4-6-8-17/h4-8,16,18,24H,3,9-15H2,1-2H3,(H,21,25)/t16-,18+/m1/s1. The van der Waals surface area contributed by atoms with Crippen LogP contribution in [0.25, 0.3) is 0 Å². The molecule has 29 heavy (non-hydrogen) atoms. The summed E-state index contributed by atoms with van der Waals surface area (Å²) in [7, 11) is -3.56. The van der Waals surface area contributed by atoms with Gasteiger partial charge in [-0.2, -0.15) is 4.31 Å². The van der Waals surface area contributed by atoms with Gasteiger partial charge < -0.3 is 15.3 Å². The number of rotatable bonds is 9. The third-order valence-corrected chi connectivity index (χ3v) is 7.33. The topological polar surface area (TPSA) is 107 Å². The second-order valence-corrected chi connectivity index (χ2v) is 9.28. The number of sulfonamides is 1. The second kappa shape index (κ2) is 10.7. The Morgan fingerprint density at radius 2 is 1.72 bits per heavy atom. The fourth-order valence-corrected chi connectivity index (χ4v) is 4.67. The van der Waals surface area contributed by atoms with Gasteiger partial charge in [-0.3, -0.25) is 9.59 Å².